The monoisotopic (exact) mass is 223 g/mol. The SMILES string of the molecule is CCCCC(=O)N(C)Cc1ccc(F)cc1. The van der Waals surface area contributed by atoms with Crippen LogP contribution in [0.3, 0.4) is 0 Å². The zero-order valence-electron chi connectivity index (χ0n) is 9.87. The standard InChI is InChI=1S/C13H18FNO/c1-3-4-5-13(16)15(2)10-11-6-8-12(14)9-7-11/h6-9H,3-5,10H2,1-2H3. The lowest BCUT2D eigenvalue weighted by atomic mass is 10.2. The summed E-state index contributed by atoms with van der Waals surface area (Å²) in [6, 6.07) is 6.25. The van der Waals surface area contributed by atoms with E-state index in [4.69, 9.17) is 0 Å². The second-order valence-electron chi connectivity index (χ2n) is 3.98. The fourth-order valence-electron chi connectivity index (χ4n) is 1.47. The molecule has 0 fully saturated rings. The molecule has 3 heteroatoms. The summed E-state index contributed by atoms with van der Waals surface area (Å²) in [4.78, 5) is 13.3. The van der Waals surface area contributed by atoms with Crippen LogP contribution in [0.25, 0.3) is 0 Å². The van der Waals surface area contributed by atoms with Crippen molar-refractivity contribution in [1.82, 2.24) is 4.90 Å². The van der Waals surface area contributed by atoms with Crippen molar-refractivity contribution in [2.24, 2.45) is 0 Å². The summed E-state index contributed by atoms with van der Waals surface area (Å²) < 4.78 is 12.7. The van der Waals surface area contributed by atoms with Crippen molar-refractivity contribution in [3.8, 4) is 0 Å². The van der Waals surface area contributed by atoms with Gasteiger partial charge in [0, 0.05) is 20.0 Å². The molecule has 1 aromatic rings. The van der Waals surface area contributed by atoms with E-state index in [1.807, 2.05) is 0 Å². The molecule has 0 bridgehead atoms. The number of carbonyl (C=O) groups excluding carboxylic acids is 1. The van der Waals surface area contributed by atoms with Crippen molar-refractivity contribution in [2.45, 2.75) is 32.7 Å². The van der Waals surface area contributed by atoms with Crippen molar-refractivity contribution < 1.29 is 9.18 Å². The highest BCUT2D eigenvalue weighted by atomic mass is 19.1. The molecule has 0 saturated heterocycles. The van der Waals surface area contributed by atoms with Gasteiger partial charge in [-0.15, -0.1) is 0 Å². The number of benzene rings is 1. The number of amides is 1. The van der Waals surface area contributed by atoms with Crippen LogP contribution in [-0.2, 0) is 11.3 Å². The fourth-order valence-corrected chi connectivity index (χ4v) is 1.47. The summed E-state index contributed by atoms with van der Waals surface area (Å²) in [5.74, 6) is -0.102. The van der Waals surface area contributed by atoms with Crippen molar-refractivity contribution in [2.75, 3.05) is 7.05 Å². The Hall–Kier alpha value is -1.38. The van der Waals surface area contributed by atoms with E-state index >= 15 is 0 Å². The Balaban J connectivity index is 2.47. The Kier molecular flexibility index (Phi) is 4.96. The predicted molar refractivity (Wildman–Crippen MR) is 62.4 cm³/mol. The van der Waals surface area contributed by atoms with Gasteiger partial charge in [-0.3, -0.25) is 4.79 Å². The van der Waals surface area contributed by atoms with E-state index in [9.17, 15) is 9.18 Å². The van der Waals surface area contributed by atoms with Gasteiger partial charge in [-0.2, -0.15) is 0 Å². The van der Waals surface area contributed by atoms with Crippen molar-refractivity contribution in [3.05, 3.63) is 35.6 Å². The number of unbranched alkanes of at least 4 members (excludes halogenated alkanes) is 1. The smallest absolute Gasteiger partial charge is 0.222 e. The molecule has 0 aliphatic heterocycles. The molecular weight excluding hydrogens is 205 g/mol. The van der Waals surface area contributed by atoms with Gasteiger partial charge >= 0.3 is 0 Å². The van der Waals surface area contributed by atoms with Crippen LogP contribution in [0.15, 0.2) is 24.3 Å². The van der Waals surface area contributed by atoms with Gasteiger partial charge in [0.1, 0.15) is 5.82 Å². The average molecular weight is 223 g/mol. The molecule has 1 amide bonds. The van der Waals surface area contributed by atoms with Crippen LogP contribution in [0.5, 0.6) is 0 Å². The Morgan fingerprint density at radius 3 is 2.50 bits per heavy atom. The van der Waals surface area contributed by atoms with Gasteiger partial charge in [0.15, 0.2) is 0 Å². The topological polar surface area (TPSA) is 20.3 Å². The van der Waals surface area contributed by atoms with Gasteiger partial charge < -0.3 is 4.90 Å². The lowest BCUT2D eigenvalue weighted by Crippen LogP contribution is -2.25. The van der Waals surface area contributed by atoms with Crippen LogP contribution >= 0.6 is 0 Å². The molecule has 0 unspecified atom stereocenters. The Bertz CT molecular complexity index is 334. The summed E-state index contributed by atoms with van der Waals surface area (Å²) in [5, 5.41) is 0. The van der Waals surface area contributed by atoms with Gasteiger partial charge in [0.25, 0.3) is 0 Å². The number of rotatable bonds is 5. The number of hydrogen-bond donors (Lipinski definition) is 0. The average Bonchev–Trinajstić information content (AvgIpc) is 2.29. The summed E-state index contributed by atoms with van der Waals surface area (Å²) in [6.07, 6.45) is 2.54. The quantitative estimate of drug-likeness (QED) is 0.751. The normalized spacial score (nSPS) is 10.2. The van der Waals surface area contributed by atoms with Gasteiger partial charge in [0.05, 0.1) is 0 Å². The summed E-state index contributed by atoms with van der Waals surface area (Å²) >= 11 is 0. The highest BCUT2D eigenvalue weighted by Crippen LogP contribution is 2.07. The van der Waals surface area contributed by atoms with Gasteiger partial charge in [-0.1, -0.05) is 25.5 Å². The van der Waals surface area contributed by atoms with Crippen molar-refractivity contribution in [3.63, 3.8) is 0 Å². The first-order chi connectivity index (χ1) is 7.63. The summed E-state index contributed by atoms with van der Waals surface area (Å²) in [5.41, 5.74) is 0.953. The molecule has 0 radical (unpaired) electrons. The van der Waals surface area contributed by atoms with Crippen LogP contribution in [-0.4, -0.2) is 17.9 Å². The molecule has 0 spiro atoms. The highest BCUT2D eigenvalue weighted by Gasteiger charge is 2.08. The molecule has 16 heavy (non-hydrogen) atoms. The Morgan fingerprint density at radius 2 is 1.94 bits per heavy atom. The first-order valence-corrected chi connectivity index (χ1v) is 5.62. The maximum atomic E-state index is 12.7. The minimum atomic E-state index is -0.247. The number of halogens is 1. The van der Waals surface area contributed by atoms with E-state index in [1.54, 1.807) is 24.1 Å². The zero-order valence-corrected chi connectivity index (χ0v) is 9.87. The van der Waals surface area contributed by atoms with E-state index in [-0.39, 0.29) is 11.7 Å². The fraction of sp³-hybridized carbons (Fsp3) is 0.462. The predicted octanol–water partition coefficient (Wildman–Crippen LogP) is 2.97. The minimum absolute atomic E-state index is 0.145. The second-order valence-corrected chi connectivity index (χ2v) is 3.98. The maximum absolute atomic E-state index is 12.7. The molecule has 0 aliphatic carbocycles. The third-order valence-corrected chi connectivity index (χ3v) is 2.50. The van der Waals surface area contributed by atoms with E-state index in [0.717, 1.165) is 18.4 Å². The third-order valence-electron chi connectivity index (χ3n) is 2.50. The van der Waals surface area contributed by atoms with E-state index in [0.29, 0.717) is 13.0 Å². The number of hydrogen-bond acceptors (Lipinski definition) is 1. The summed E-state index contributed by atoms with van der Waals surface area (Å²) in [6.45, 7) is 2.61. The maximum Gasteiger partial charge on any atom is 0.222 e. The first-order valence-electron chi connectivity index (χ1n) is 5.62. The minimum Gasteiger partial charge on any atom is -0.341 e. The summed E-state index contributed by atoms with van der Waals surface area (Å²) in [7, 11) is 1.78. The lowest BCUT2D eigenvalue weighted by molar-refractivity contribution is -0.130. The molecule has 88 valence electrons. The molecular formula is C13H18FNO. The molecule has 0 N–H and O–H groups in total. The Morgan fingerprint density at radius 1 is 1.31 bits per heavy atom. The van der Waals surface area contributed by atoms with Crippen molar-refractivity contribution in [1.29, 1.82) is 0 Å². The lowest BCUT2D eigenvalue weighted by Gasteiger charge is -2.17. The second kappa shape index (κ2) is 6.26. The van der Waals surface area contributed by atoms with Gasteiger partial charge in [-0.05, 0) is 24.1 Å². The van der Waals surface area contributed by atoms with Gasteiger partial charge in [0.2, 0.25) is 5.91 Å². The van der Waals surface area contributed by atoms with Crippen molar-refractivity contribution >= 4 is 5.91 Å². The number of carbonyl (C=O) groups is 1. The molecule has 0 heterocycles. The molecule has 0 aromatic heterocycles. The van der Waals surface area contributed by atoms with E-state index < -0.39 is 0 Å². The van der Waals surface area contributed by atoms with Crippen LogP contribution in [0.1, 0.15) is 31.7 Å². The van der Waals surface area contributed by atoms with Crippen LogP contribution < -0.4 is 0 Å². The van der Waals surface area contributed by atoms with Crippen LogP contribution in [0.2, 0.25) is 0 Å². The van der Waals surface area contributed by atoms with E-state index in [2.05, 4.69) is 6.92 Å². The highest BCUT2D eigenvalue weighted by molar-refractivity contribution is 5.75. The Labute approximate surface area is 96.1 Å². The third kappa shape index (κ3) is 4.01. The number of nitrogens with zero attached hydrogens (tertiary/aromatic N) is 1. The molecule has 1 aromatic carbocycles. The van der Waals surface area contributed by atoms with Crippen LogP contribution in [0.4, 0.5) is 4.39 Å². The van der Waals surface area contributed by atoms with Gasteiger partial charge in [-0.25, -0.2) is 4.39 Å². The largest absolute Gasteiger partial charge is 0.341 e. The molecule has 2 nitrogen and oxygen atoms in total. The zero-order chi connectivity index (χ0) is 12.0. The van der Waals surface area contributed by atoms with Crippen LogP contribution in [0, 0.1) is 5.82 Å². The van der Waals surface area contributed by atoms with E-state index in [1.165, 1.54) is 12.1 Å². The first kappa shape index (κ1) is 12.7. The molecule has 0 aliphatic rings. The molecule has 1 rings (SSSR count). The molecule has 0 atom stereocenters. The molecule has 0 saturated carbocycles.